The second-order valence-electron chi connectivity index (χ2n) is 6.22. The molecule has 0 spiro atoms. The van der Waals surface area contributed by atoms with Crippen molar-refractivity contribution in [3.8, 4) is 0 Å². The Morgan fingerprint density at radius 3 is 2.90 bits per heavy atom. The van der Waals surface area contributed by atoms with Crippen LogP contribution in [0.25, 0.3) is 0 Å². The summed E-state index contributed by atoms with van der Waals surface area (Å²) >= 11 is 0. The molecule has 0 aliphatic carbocycles. The van der Waals surface area contributed by atoms with E-state index in [1.165, 1.54) is 0 Å². The molecule has 2 rings (SSSR count). The van der Waals surface area contributed by atoms with Gasteiger partial charge in [0, 0.05) is 38.8 Å². The van der Waals surface area contributed by atoms with Gasteiger partial charge in [-0.25, -0.2) is 0 Å². The normalized spacial score (nSPS) is 28.9. The van der Waals surface area contributed by atoms with Crippen LogP contribution in [0, 0.1) is 0 Å². The Bertz CT molecular complexity index is 316. The Labute approximate surface area is 121 Å². The number of nitrogens with zero attached hydrogens (tertiary/aromatic N) is 3. The average Bonchev–Trinajstić information content (AvgIpc) is 2.60. The minimum Gasteiger partial charge on any atom is -0.392 e. The lowest BCUT2D eigenvalue weighted by Crippen LogP contribution is -2.45. The van der Waals surface area contributed by atoms with Gasteiger partial charge in [0.05, 0.1) is 12.6 Å². The molecule has 20 heavy (non-hydrogen) atoms. The Morgan fingerprint density at radius 1 is 1.35 bits per heavy atom. The van der Waals surface area contributed by atoms with Gasteiger partial charge in [0.1, 0.15) is 0 Å². The largest absolute Gasteiger partial charge is 0.392 e. The summed E-state index contributed by atoms with van der Waals surface area (Å²) in [4.78, 5) is 18.6. The van der Waals surface area contributed by atoms with Crippen LogP contribution in [0.3, 0.4) is 0 Å². The zero-order valence-electron chi connectivity index (χ0n) is 12.7. The molecule has 0 saturated carbocycles. The van der Waals surface area contributed by atoms with E-state index < -0.39 is 0 Å². The summed E-state index contributed by atoms with van der Waals surface area (Å²) in [6.07, 6.45) is 1.50. The van der Waals surface area contributed by atoms with E-state index in [-0.39, 0.29) is 18.1 Å². The van der Waals surface area contributed by atoms with E-state index >= 15 is 0 Å². The molecule has 1 amide bonds. The number of hydrogen-bond donors (Lipinski definition) is 2. The number of nitrogens with one attached hydrogen (secondary N) is 1. The lowest BCUT2D eigenvalue weighted by Gasteiger charge is -2.29. The van der Waals surface area contributed by atoms with Crippen LogP contribution in [0.5, 0.6) is 0 Å². The highest BCUT2D eigenvalue weighted by atomic mass is 16.3. The summed E-state index contributed by atoms with van der Waals surface area (Å²) in [6, 6.07) is 0.286. The second kappa shape index (κ2) is 7.36. The summed E-state index contributed by atoms with van der Waals surface area (Å²) in [5.74, 6) is 0.201. The first-order valence-electron chi connectivity index (χ1n) is 7.61. The van der Waals surface area contributed by atoms with E-state index in [0.717, 1.165) is 45.6 Å². The summed E-state index contributed by atoms with van der Waals surface area (Å²) in [5, 5.41) is 13.2. The van der Waals surface area contributed by atoms with Crippen LogP contribution in [0.15, 0.2) is 0 Å². The Hall–Kier alpha value is -0.690. The molecule has 2 aliphatic rings. The van der Waals surface area contributed by atoms with E-state index in [1.54, 1.807) is 0 Å². The van der Waals surface area contributed by atoms with Crippen molar-refractivity contribution < 1.29 is 9.90 Å². The fourth-order valence-corrected chi connectivity index (χ4v) is 3.13. The van der Waals surface area contributed by atoms with E-state index in [0.29, 0.717) is 13.1 Å². The number of hydrogen-bond acceptors (Lipinski definition) is 5. The van der Waals surface area contributed by atoms with Crippen LogP contribution in [0.1, 0.15) is 12.8 Å². The zero-order chi connectivity index (χ0) is 14.5. The van der Waals surface area contributed by atoms with Crippen molar-refractivity contribution in [1.82, 2.24) is 20.0 Å². The first-order valence-corrected chi connectivity index (χ1v) is 7.61. The minimum absolute atomic E-state index is 0.201. The summed E-state index contributed by atoms with van der Waals surface area (Å²) < 4.78 is 0. The fraction of sp³-hybridized carbons (Fsp3) is 0.929. The van der Waals surface area contributed by atoms with Gasteiger partial charge < -0.3 is 20.2 Å². The Balaban J connectivity index is 1.87. The third kappa shape index (κ3) is 4.41. The number of amides is 1. The van der Waals surface area contributed by atoms with Gasteiger partial charge in [-0.05, 0) is 33.5 Å². The maximum Gasteiger partial charge on any atom is 0.236 e. The second-order valence-corrected chi connectivity index (χ2v) is 6.22. The number of carbonyl (C=O) groups excluding carboxylic acids is 1. The van der Waals surface area contributed by atoms with Gasteiger partial charge in [0.2, 0.25) is 5.91 Å². The molecular formula is C14H28N4O2. The molecule has 0 bridgehead atoms. The molecule has 2 heterocycles. The third-order valence-corrected chi connectivity index (χ3v) is 4.11. The fourth-order valence-electron chi connectivity index (χ4n) is 3.13. The predicted octanol–water partition coefficient (Wildman–Crippen LogP) is -1.19. The molecule has 6 nitrogen and oxygen atoms in total. The molecule has 2 atom stereocenters. The molecule has 116 valence electrons. The van der Waals surface area contributed by atoms with E-state index in [2.05, 4.69) is 15.1 Å². The molecule has 2 aliphatic heterocycles. The smallest absolute Gasteiger partial charge is 0.236 e. The number of likely N-dealkylation sites (tertiary alicyclic amines) is 1. The lowest BCUT2D eigenvalue weighted by molar-refractivity contribution is -0.132. The molecule has 2 unspecified atom stereocenters. The van der Waals surface area contributed by atoms with Crippen molar-refractivity contribution in [2.24, 2.45) is 0 Å². The molecule has 2 saturated heterocycles. The minimum atomic E-state index is -0.293. The van der Waals surface area contributed by atoms with E-state index in [4.69, 9.17) is 0 Å². The van der Waals surface area contributed by atoms with Crippen LogP contribution in [0.2, 0.25) is 0 Å². The first-order chi connectivity index (χ1) is 9.56. The molecule has 0 aromatic rings. The van der Waals surface area contributed by atoms with Crippen LogP contribution in [-0.2, 0) is 4.79 Å². The lowest BCUT2D eigenvalue weighted by atomic mass is 10.2. The monoisotopic (exact) mass is 284 g/mol. The topological polar surface area (TPSA) is 59.1 Å². The number of carbonyl (C=O) groups is 1. The Morgan fingerprint density at radius 2 is 2.15 bits per heavy atom. The summed E-state index contributed by atoms with van der Waals surface area (Å²) in [7, 11) is 4.07. The van der Waals surface area contributed by atoms with Crippen molar-refractivity contribution >= 4 is 5.91 Å². The van der Waals surface area contributed by atoms with Gasteiger partial charge in [-0.2, -0.15) is 0 Å². The molecule has 2 N–H and O–H groups in total. The van der Waals surface area contributed by atoms with Crippen molar-refractivity contribution in [3.63, 3.8) is 0 Å². The molecule has 2 fully saturated rings. The first kappa shape index (κ1) is 15.7. The highest BCUT2D eigenvalue weighted by Gasteiger charge is 2.33. The SMILES string of the molecule is CN(C)CC1CC(O)CN1CC(=O)N1CCCNCC1. The van der Waals surface area contributed by atoms with Gasteiger partial charge in [0.25, 0.3) is 0 Å². The standard InChI is InChI=1S/C14H28N4O2/c1-16(2)9-12-8-13(19)10-18(12)11-14(20)17-6-3-4-15-5-7-17/h12-13,15,19H,3-11H2,1-2H3. The van der Waals surface area contributed by atoms with Crippen molar-refractivity contribution in [1.29, 1.82) is 0 Å². The molecular weight excluding hydrogens is 256 g/mol. The van der Waals surface area contributed by atoms with Crippen molar-refractivity contribution in [3.05, 3.63) is 0 Å². The summed E-state index contributed by atoms with van der Waals surface area (Å²) in [6.45, 7) is 5.48. The number of β-amino-alcohol motifs (C(OH)–C–C–N with tert-alkyl or cyclic N) is 1. The maximum atomic E-state index is 12.4. The van der Waals surface area contributed by atoms with Crippen LogP contribution in [-0.4, -0.2) is 97.8 Å². The molecule has 0 aromatic carbocycles. The number of likely N-dealkylation sites (N-methyl/N-ethyl adjacent to an activating group) is 1. The third-order valence-electron chi connectivity index (χ3n) is 4.11. The molecule has 6 heteroatoms. The maximum absolute atomic E-state index is 12.4. The van der Waals surface area contributed by atoms with Gasteiger partial charge in [-0.1, -0.05) is 0 Å². The van der Waals surface area contributed by atoms with E-state index in [9.17, 15) is 9.90 Å². The highest BCUT2D eigenvalue weighted by molar-refractivity contribution is 5.78. The molecule has 0 aromatic heterocycles. The number of rotatable bonds is 4. The predicted molar refractivity (Wildman–Crippen MR) is 78.6 cm³/mol. The highest BCUT2D eigenvalue weighted by Crippen LogP contribution is 2.18. The number of aliphatic hydroxyl groups excluding tert-OH is 1. The van der Waals surface area contributed by atoms with E-state index in [1.807, 2.05) is 19.0 Å². The van der Waals surface area contributed by atoms with Crippen LogP contribution in [0.4, 0.5) is 0 Å². The van der Waals surface area contributed by atoms with Gasteiger partial charge in [0.15, 0.2) is 0 Å². The van der Waals surface area contributed by atoms with Gasteiger partial charge in [-0.3, -0.25) is 9.69 Å². The van der Waals surface area contributed by atoms with Crippen molar-refractivity contribution in [2.75, 3.05) is 59.9 Å². The van der Waals surface area contributed by atoms with Crippen molar-refractivity contribution in [2.45, 2.75) is 25.0 Å². The van der Waals surface area contributed by atoms with Crippen LogP contribution < -0.4 is 5.32 Å². The Kier molecular flexibility index (Phi) is 5.77. The number of aliphatic hydroxyl groups is 1. The zero-order valence-corrected chi connectivity index (χ0v) is 12.7. The average molecular weight is 284 g/mol. The quantitative estimate of drug-likeness (QED) is 0.679. The molecule has 0 radical (unpaired) electrons. The van der Waals surface area contributed by atoms with Gasteiger partial charge in [-0.15, -0.1) is 0 Å². The van der Waals surface area contributed by atoms with Gasteiger partial charge >= 0.3 is 0 Å². The summed E-state index contributed by atoms with van der Waals surface area (Å²) in [5.41, 5.74) is 0. The van der Waals surface area contributed by atoms with Crippen LogP contribution >= 0.6 is 0 Å².